The number of aromatic nitrogens is 1. The molecule has 0 aromatic carbocycles. The third-order valence-electron chi connectivity index (χ3n) is 5.26. The Morgan fingerprint density at radius 1 is 1.31 bits per heavy atom. The molecule has 160 valence electrons. The van der Waals surface area contributed by atoms with E-state index in [1.165, 1.54) is 5.56 Å². The Morgan fingerprint density at radius 2 is 2.10 bits per heavy atom. The maximum absolute atomic E-state index is 5.41. The molecular weight excluding hydrogens is 477 g/mol. The first kappa shape index (κ1) is 23.5. The number of piperidine rings is 1. The molecule has 0 saturated carbocycles. The Morgan fingerprint density at radius 3 is 2.72 bits per heavy atom. The second kappa shape index (κ2) is 12.0. The Bertz CT molecular complexity index is 724. The summed E-state index contributed by atoms with van der Waals surface area (Å²) in [7, 11) is 0. The van der Waals surface area contributed by atoms with Crippen LogP contribution in [0.2, 0.25) is 0 Å². The largest absolute Gasteiger partial charge is 0.469 e. The summed E-state index contributed by atoms with van der Waals surface area (Å²) >= 11 is 0. The summed E-state index contributed by atoms with van der Waals surface area (Å²) in [6.45, 7) is 9.18. The zero-order chi connectivity index (χ0) is 19.8. The second-order valence-electron chi connectivity index (χ2n) is 7.61. The zero-order valence-corrected chi connectivity index (χ0v) is 20.1. The third kappa shape index (κ3) is 7.53. The fourth-order valence-corrected chi connectivity index (χ4v) is 3.29. The van der Waals surface area contributed by atoms with Gasteiger partial charge in [0, 0.05) is 44.3 Å². The Kier molecular flexibility index (Phi) is 9.76. The highest BCUT2D eigenvalue weighted by atomic mass is 127. The Balaban J connectivity index is 0.00000300. The number of furan rings is 1. The van der Waals surface area contributed by atoms with Crippen LogP contribution in [0.3, 0.4) is 0 Å². The van der Waals surface area contributed by atoms with Gasteiger partial charge in [-0.2, -0.15) is 0 Å². The number of hydrogen-bond acceptors (Lipinski definition) is 4. The molecule has 1 atom stereocenters. The minimum atomic E-state index is 0. The lowest BCUT2D eigenvalue weighted by Crippen LogP contribution is -2.50. The SMILES string of the molecule is CCC(C)NC(=NCCc1ccco1)NC1CCN(c2ccc(C)cn2)CC1.I. The van der Waals surface area contributed by atoms with Crippen molar-refractivity contribution in [2.24, 2.45) is 4.99 Å². The van der Waals surface area contributed by atoms with Crippen molar-refractivity contribution < 1.29 is 4.42 Å². The molecule has 0 spiro atoms. The number of pyridine rings is 1. The first-order valence-corrected chi connectivity index (χ1v) is 10.4. The fraction of sp³-hybridized carbons (Fsp3) is 0.545. The lowest BCUT2D eigenvalue weighted by atomic mass is 10.1. The molecular formula is C22H34IN5O. The van der Waals surface area contributed by atoms with Crippen LogP contribution in [0, 0.1) is 6.92 Å². The maximum atomic E-state index is 5.41. The number of aliphatic imine (C=N–C) groups is 1. The normalized spacial score (nSPS) is 16.2. The van der Waals surface area contributed by atoms with Gasteiger partial charge in [0.2, 0.25) is 0 Å². The van der Waals surface area contributed by atoms with Gasteiger partial charge in [-0.25, -0.2) is 4.98 Å². The lowest BCUT2D eigenvalue weighted by molar-refractivity contribution is 0.455. The molecule has 2 aromatic rings. The number of anilines is 1. The first-order valence-electron chi connectivity index (χ1n) is 10.4. The summed E-state index contributed by atoms with van der Waals surface area (Å²) in [5, 5.41) is 7.17. The number of nitrogens with one attached hydrogen (secondary N) is 2. The summed E-state index contributed by atoms with van der Waals surface area (Å²) in [6.07, 6.45) is 7.70. The number of guanidine groups is 1. The minimum Gasteiger partial charge on any atom is -0.469 e. The molecule has 7 heteroatoms. The van der Waals surface area contributed by atoms with Crippen LogP contribution < -0.4 is 15.5 Å². The van der Waals surface area contributed by atoms with E-state index in [4.69, 9.17) is 9.41 Å². The van der Waals surface area contributed by atoms with Crippen LogP contribution in [0.4, 0.5) is 5.82 Å². The summed E-state index contributed by atoms with van der Waals surface area (Å²) in [5.41, 5.74) is 1.20. The molecule has 3 rings (SSSR count). The van der Waals surface area contributed by atoms with Gasteiger partial charge in [0.1, 0.15) is 11.6 Å². The Labute approximate surface area is 191 Å². The van der Waals surface area contributed by atoms with Crippen LogP contribution in [-0.4, -0.2) is 42.7 Å². The van der Waals surface area contributed by atoms with Gasteiger partial charge < -0.3 is 20.0 Å². The van der Waals surface area contributed by atoms with Gasteiger partial charge >= 0.3 is 0 Å². The molecule has 2 N–H and O–H groups in total. The fourth-order valence-electron chi connectivity index (χ4n) is 3.29. The van der Waals surface area contributed by atoms with Gasteiger partial charge in [-0.1, -0.05) is 13.0 Å². The number of nitrogens with zero attached hydrogens (tertiary/aromatic N) is 3. The first-order chi connectivity index (χ1) is 13.6. The van der Waals surface area contributed by atoms with E-state index < -0.39 is 0 Å². The quantitative estimate of drug-likeness (QED) is 0.332. The van der Waals surface area contributed by atoms with Crippen molar-refractivity contribution in [2.45, 2.75) is 58.5 Å². The van der Waals surface area contributed by atoms with E-state index in [-0.39, 0.29) is 24.0 Å². The molecule has 1 aliphatic rings. The standard InChI is InChI=1S/C22H33N5O.HI/c1-4-18(3)25-22(23-12-9-20-6-5-15-28-20)26-19-10-13-27(14-11-19)21-8-7-17(2)16-24-21;/h5-8,15-16,18-19H,4,9-14H2,1-3H3,(H2,23,25,26);1H. The van der Waals surface area contributed by atoms with Crippen LogP contribution in [0.1, 0.15) is 44.4 Å². The van der Waals surface area contributed by atoms with E-state index in [9.17, 15) is 0 Å². The molecule has 6 nitrogen and oxygen atoms in total. The number of aryl methyl sites for hydroxylation is 1. The molecule has 1 fully saturated rings. The van der Waals surface area contributed by atoms with Crippen molar-refractivity contribution in [1.82, 2.24) is 15.6 Å². The molecule has 2 aromatic heterocycles. The molecule has 3 heterocycles. The van der Waals surface area contributed by atoms with Crippen LogP contribution in [0.25, 0.3) is 0 Å². The highest BCUT2D eigenvalue weighted by molar-refractivity contribution is 14.0. The van der Waals surface area contributed by atoms with Crippen molar-refractivity contribution in [2.75, 3.05) is 24.5 Å². The predicted octanol–water partition coefficient (Wildman–Crippen LogP) is 4.15. The number of hydrogen-bond donors (Lipinski definition) is 2. The van der Waals surface area contributed by atoms with Gasteiger partial charge in [-0.3, -0.25) is 4.99 Å². The molecule has 0 aliphatic carbocycles. The van der Waals surface area contributed by atoms with Crippen LogP contribution >= 0.6 is 24.0 Å². The summed E-state index contributed by atoms with van der Waals surface area (Å²) in [4.78, 5) is 11.7. The highest BCUT2D eigenvalue weighted by Crippen LogP contribution is 2.18. The van der Waals surface area contributed by atoms with E-state index in [0.29, 0.717) is 18.6 Å². The van der Waals surface area contributed by atoms with Gasteiger partial charge in [0.05, 0.1) is 6.26 Å². The lowest BCUT2D eigenvalue weighted by Gasteiger charge is -2.34. The van der Waals surface area contributed by atoms with Gasteiger partial charge in [-0.05, 0) is 56.9 Å². The average Bonchev–Trinajstić information content (AvgIpc) is 3.22. The van der Waals surface area contributed by atoms with Crippen molar-refractivity contribution in [3.8, 4) is 0 Å². The molecule has 29 heavy (non-hydrogen) atoms. The van der Waals surface area contributed by atoms with E-state index in [1.54, 1.807) is 6.26 Å². The molecule has 1 aliphatic heterocycles. The average molecular weight is 511 g/mol. The number of halogens is 1. The maximum Gasteiger partial charge on any atom is 0.191 e. The van der Waals surface area contributed by atoms with E-state index in [2.05, 4.69) is 53.4 Å². The van der Waals surface area contributed by atoms with Crippen LogP contribution in [0.5, 0.6) is 0 Å². The second-order valence-corrected chi connectivity index (χ2v) is 7.61. The van der Waals surface area contributed by atoms with Gasteiger partial charge in [-0.15, -0.1) is 24.0 Å². The highest BCUT2D eigenvalue weighted by Gasteiger charge is 2.21. The van der Waals surface area contributed by atoms with Crippen molar-refractivity contribution in [1.29, 1.82) is 0 Å². The minimum absolute atomic E-state index is 0. The van der Waals surface area contributed by atoms with E-state index in [1.807, 2.05) is 18.3 Å². The van der Waals surface area contributed by atoms with E-state index in [0.717, 1.165) is 56.3 Å². The molecule has 1 saturated heterocycles. The predicted molar refractivity (Wildman–Crippen MR) is 130 cm³/mol. The third-order valence-corrected chi connectivity index (χ3v) is 5.26. The summed E-state index contributed by atoms with van der Waals surface area (Å²) in [6, 6.07) is 9.00. The topological polar surface area (TPSA) is 65.7 Å². The van der Waals surface area contributed by atoms with Crippen LogP contribution in [-0.2, 0) is 6.42 Å². The number of rotatable bonds is 7. The smallest absolute Gasteiger partial charge is 0.191 e. The molecule has 0 amide bonds. The van der Waals surface area contributed by atoms with Crippen molar-refractivity contribution in [3.05, 3.63) is 48.0 Å². The van der Waals surface area contributed by atoms with Crippen molar-refractivity contribution >= 4 is 35.8 Å². The molecule has 0 radical (unpaired) electrons. The van der Waals surface area contributed by atoms with Crippen molar-refractivity contribution in [3.63, 3.8) is 0 Å². The zero-order valence-electron chi connectivity index (χ0n) is 17.7. The van der Waals surface area contributed by atoms with Crippen LogP contribution in [0.15, 0.2) is 46.1 Å². The Hall–Kier alpha value is -1.77. The molecule has 0 bridgehead atoms. The summed E-state index contributed by atoms with van der Waals surface area (Å²) < 4.78 is 5.41. The molecule has 1 unspecified atom stereocenters. The van der Waals surface area contributed by atoms with Gasteiger partial charge in [0.15, 0.2) is 5.96 Å². The summed E-state index contributed by atoms with van der Waals surface area (Å²) in [5.74, 6) is 2.97. The van der Waals surface area contributed by atoms with E-state index >= 15 is 0 Å². The monoisotopic (exact) mass is 511 g/mol. The van der Waals surface area contributed by atoms with Gasteiger partial charge in [0.25, 0.3) is 0 Å².